The number of ketones is 1. The Labute approximate surface area is 195 Å². The molecule has 33 heavy (non-hydrogen) atoms. The van der Waals surface area contributed by atoms with Crippen molar-refractivity contribution in [3.05, 3.63) is 71.1 Å². The Bertz CT molecular complexity index is 1090. The van der Waals surface area contributed by atoms with Crippen LogP contribution in [0, 0.1) is 5.82 Å². The van der Waals surface area contributed by atoms with Gasteiger partial charge in [0.05, 0.1) is 11.8 Å². The van der Waals surface area contributed by atoms with Crippen molar-refractivity contribution in [3.63, 3.8) is 0 Å². The van der Waals surface area contributed by atoms with Crippen molar-refractivity contribution in [3.8, 4) is 17.1 Å². The highest BCUT2D eigenvalue weighted by Crippen LogP contribution is 2.33. The van der Waals surface area contributed by atoms with E-state index in [1.165, 1.54) is 18.3 Å². The first-order valence-electron chi connectivity index (χ1n) is 10.6. The molecule has 3 aromatic rings. The first-order valence-corrected chi connectivity index (χ1v) is 11.0. The molecule has 9 heteroatoms. The minimum Gasteiger partial charge on any atom is -0.485 e. The van der Waals surface area contributed by atoms with Crippen LogP contribution in [0.25, 0.3) is 11.3 Å². The van der Waals surface area contributed by atoms with Crippen molar-refractivity contribution < 1.29 is 28.8 Å². The van der Waals surface area contributed by atoms with Crippen LogP contribution in [-0.2, 0) is 11.2 Å². The summed E-state index contributed by atoms with van der Waals surface area (Å²) in [7, 11) is 0. The molecular formula is C24H24ClFN2O5. The van der Waals surface area contributed by atoms with E-state index in [1.54, 1.807) is 36.4 Å². The van der Waals surface area contributed by atoms with Crippen LogP contribution < -0.4 is 4.74 Å². The van der Waals surface area contributed by atoms with Crippen molar-refractivity contribution in [1.29, 1.82) is 0 Å². The van der Waals surface area contributed by atoms with Crippen molar-refractivity contribution >= 4 is 17.4 Å². The fraction of sp³-hybridized carbons (Fsp3) is 0.333. The Balaban J connectivity index is 1.41. The molecule has 7 nitrogen and oxygen atoms in total. The van der Waals surface area contributed by atoms with E-state index in [9.17, 15) is 19.5 Å². The molecule has 1 aliphatic heterocycles. The molecule has 1 fully saturated rings. The summed E-state index contributed by atoms with van der Waals surface area (Å²) in [5.41, 5.74) is -0.220. The van der Waals surface area contributed by atoms with Gasteiger partial charge < -0.3 is 19.6 Å². The van der Waals surface area contributed by atoms with Crippen LogP contribution in [-0.4, -0.2) is 51.1 Å². The summed E-state index contributed by atoms with van der Waals surface area (Å²) in [6, 6.07) is 12.3. The predicted molar refractivity (Wildman–Crippen MR) is 119 cm³/mol. The first-order chi connectivity index (χ1) is 15.8. The molecule has 4 rings (SSSR count). The van der Waals surface area contributed by atoms with Gasteiger partial charge in [0.15, 0.2) is 5.76 Å². The van der Waals surface area contributed by atoms with Crippen LogP contribution in [0.5, 0.6) is 5.75 Å². The van der Waals surface area contributed by atoms with E-state index in [0.717, 1.165) is 10.6 Å². The minimum atomic E-state index is -1.63. The van der Waals surface area contributed by atoms with Crippen LogP contribution >= 0.6 is 11.6 Å². The topological polar surface area (TPSA) is 96.0 Å². The molecule has 0 radical (unpaired) electrons. The average Bonchev–Trinajstić information content (AvgIpc) is 3.30. The summed E-state index contributed by atoms with van der Waals surface area (Å²) in [6.07, 6.45) is 2.60. The highest BCUT2D eigenvalue weighted by molar-refractivity contribution is 6.30. The van der Waals surface area contributed by atoms with Crippen molar-refractivity contribution in [2.24, 2.45) is 0 Å². The Morgan fingerprint density at radius 2 is 2.03 bits per heavy atom. The number of halogens is 2. The highest BCUT2D eigenvalue weighted by atomic mass is 35.5. The Morgan fingerprint density at radius 1 is 1.24 bits per heavy atom. The molecule has 174 valence electrons. The number of ether oxygens (including phenoxy) is 1. The molecule has 2 N–H and O–H groups in total. The molecule has 2 heterocycles. The molecule has 0 spiro atoms. The van der Waals surface area contributed by atoms with Crippen molar-refractivity contribution in [1.82, 2.24) is 10.2 Å². The third kappa shape index (κ3) is 5.59. The van der Waals surface area contributed by atoms with Crippen molar-refractivity contribution in [2.45, 2.75) is 37.3 Å². The SMILES string of the molecule is O=C(COc1ccc(Cl)cc1-c1ccno1)C1(O)CCC(Cc2ccc(F)cc2)N(O)CC1. The molecule has 0 saturated carbocycles. The third-order valence-corrected chi connectivity index (χ3v) is 6.21. The molecule has 1 aromatic heterocycles. The highest BCUT2D eigenvalue weighted by Gasteiger charge is 2.40. The number of aliphatic hydroxyl groups is 1. The molecule has 2 aromatic carbocycles. The van der Waals surface area contributed by atoms with E-state index < -0.39 is 11.4 Å². The van der Waals surface area contributed by atoms with E-state index in [2.05, 4.69) is 5.16 Å². The zero-order valence-electron chi connectivity index (χ0n) is 17.8. The van der Waals surface area contributed by atoms with Gasteiger partial charge in [-0.3, -0.25) is 4.79 Å². The second-order valence-corrected chi connectivity index (χ2v) is 8.63. The monoisotopic (exact) mass is 474 g/mol. The van der Waals surface area contributed by atoms with Crippen molar-refractivity contribution in [2.75, 3.05) is 13.2 Å². The lowest BCUT2D eigenvalue weighted by Gasteiger charge is -2.24. The molecule has 0 bridgehead atoms. The van der Waals surface area contributed by atoms with Crippen LogP contribution in [0.15, 0.2) is 59.3 Å². The van der Waals surface area contributed by atoms with Gasteiger partial charge in [-0.1, -0.05) is 28.9 Å². The van der Waals surface area contributed by atoms with Gasteiger partial charge in [0.1, 0.15) is 23.8 Å². The standard InChI is InChI=1S/C24H24ClFN2O5/c25-17-3-6-21(20(14-17)22-8-11-27-33-22)32-15-23(29)24(30)9-7-19(28(31)12-10-24)13-16-1-4-18(26)5-2-16/h1-6,8,11,14,19,30-31H,7,9-10,12-13,15H2. The number of Topliss-reactive ketones (excluding diaryl/α,β-unsaturated/α-hetero) is 1. The van der Waals surface area contributed by atoms with Gasteiger partial charge in [-0.2, -0.15) is 5.06 Å². The van der Waals surface area contributed by atoms with E-state index in [0.29, 0.717) is 34.9 Å². The molecule has 0 aliphatic carbocycles. The molecule has 1 aliphatic rings. The summed E-state index contributed by atoms with van der Waals surface area (Å²) in [5.74, 6) is 0.0109. The summed E-state index contributed by atoms with van der Waals surface area (Å²) in [4.78, 5) is 12.9. The second-order valence-electron chi connectivity index (χ2n) is 8.20. The lowest BCUT2D eigenvalue weighted by molar-refractivity contribution is -0.143. The van der Waals surface area contributed by atoms with E-state index in [4.69, 9.17) is 20.9 Å². The maximum absolute atomic E-state index is 13.2. The zero-order valence-corrected chi connectivity index (χ0v) is 18.5. The molecule has 2 unspecified atom stereocenters. The second kappa shape index (κ2) is 10.0. The first kappa shape index (κ1) is 23.4. The minimum absolute atomic E-state index is 0.0706. The number of hydrogen-bond donors (Lipinski definition) is 2. The third-order valence-electron chi connectivity index (χ3n) is 5.97. The summed E-state index contributed by atoms with van der Waals surface area (Å²) in [5, 5.41) is 26.8. The molecule has 1 saturated heterocycles. The van der Waals surface area contributed by atoms with E-state index in [-0.39, 0.29) is 37.9 Å². The number of hydroxylamine groups is 2. The Morgan fingerprint density at radius 3 is 2.76 bits per heavy atom. The molecule has 2 atom stereocenters. The lowest BCUT2D eigenvalue weighted by Crippen LogP contribution is -2.42. The number of aromatic nitrogens is 1. The number of benzene rings is 2. The smallest absolute Gasteiger partial charge is 0.201 e. The van der Waals surface area contributed by atoms with Crippen LogP contribution in [0.3, 0.4) is 0 Å². The predicted octanol–water partition coefficient (Wildman–Crippen LogP) is 4.30. The van der Waals surface area contributed by atoms with Gasteiger partial charge >= 0.3 is 0 Å². The van der Waals surface area contributed by atoms with Gasteiger partial charge in [0.2, 0.25) is 5.78 Å². The zero-order chi connectivity index (χ0) is 23.4. The number of carbonyl (C=O) groups is 1. The van der Waals surface area contributed by atoms with Gasteiger partial charge in [-0.25, -0.2) is 4.39 Å². The Hall–Kier alpha value is -2.78. The van der Waals surface area contributed by atoms with Gasteiger partial charge in [0.25, 0.3) is 0 Å². The molecule has 0 amide bonds. The summed E-state index contributed by atoms with van der Waals surface area (Å²) < 4.78 is 24.1. The van der Waals surface area contributed by atoms with E-state index in [1.807, 2.05) is 0 Å². The van der Waals surface area contributed by atoms with Crippen LogP contribution in [0.1, 0.15) is 24.8 Å². The van der Waals surface area contributed by atoms with Gasteiger partial charge in [0, 0.05) is 23.7 Å². The number of rotatable bonds is 7. The lowest BCUT2D eigenvalue weighted by atomic mass is 9.88. The number of carbonyl (C=O) groups excluding carboxylic acids is 1. The summed E-state index contributed by atoms with van der Waals surface area (Å²) in [6.45, 7) is -0.230. The fourth-order valence-electron chi connectivity index (χ4n) is 3.99. The maximum Gasteiger partial charge on any atom is 0.201 e. The Kier molecular flexibility index (Phi) is 7.09. The van der Waals surface area contributed by atoms with Gasteiger partial charge in [-0.05, 0) is 61.6 Å². The summed E-state index contributed by atoms with van der Waals surface area (Å²) >= 11 is 6.08. The quantitative estimate of drug-likeness (QED) is 0.527. The van der Waals surface area contributed by atoms with Crippen LogP contribution in [0.2, 0.25) is 5.02 Å². The molecular weight excluding hydrogens is 451 g/mol. The largest absolute Gasteiger partial charge is 0.485 e. The van der Waals surface area contributed by atoms with Crippen LogP contribution in [0.4, 0.5) is 4.39 Å². The average molecular weight is 475 g/mol. The van der Waals surface area contributed by atoms with Gasteiger partial charge in [-0.15, -0.1) is 0 Å². The number of hydrogen-bond acceptors (Lipinski definition) is 7. The normalized spacial score (nSPS) is 21.5. The maximum atomic E-state index is 13.2. The van der Waals surface area contributed by atoms with E-state index >= 15 is 0 Å². The fourth-order valence-corrected chi connectivity index (χ4v) is 4.17. The number of nitrogens with zero attached hydrogens (tertiary/aromatic N) is 2.